The van der Waals surface area contributed by atoms with Crippen LogP contribution in [-0.4, -0.2) is 64.7 Å². The van der Waals surface area contributed by atoms with E-state index in [2.05, 4.69) is 10.3 Å². The minimum atomic E-state index is -1.12. The van der Waals surface area contributed by atoms with Crippen LogP contribution in [-0.2, 0) is 15.9 Å². The molecule has 1 aromatic carbocycles. The lowest BCUT2D eigenvalue weighted by atomic mass is 10.0. The third-order valence-electron chi connectivity index (χ3n) is 6.18. The van der Waals surface area contributed by atoms with Gasteiger partial charge in [-0.1, -0.05) is 0 Å². The molecule has 184 valence electrons. The largest absolute Gasteiger partial charge is 0.453 e. The molecule has 11 heteroatoms. The SMILES string of the molecule is COC(=O)N1CCO[C@@H](Cc2c(-c3c(F)cc(N4C=CNC4O)cc3F)nc3cc(C)ccn23)C1. The highest BCUT2D eigenvalue weighted by Gasteiger charge is 2.29. The van der Waals surface area contributed by atoms with Crippen molar-refractivity contribution in [2.24, 2.45) is 0 Å². The van der Waals surface area contributed by atoms with E-state index in [1.54, 1.807) is 15.5 Å². The van der Waals surface area contributed by atoms with Crippen LogP contribution in [0.5, 0.6) is 0 Å². The number of rotatable bonds is 4. The average Bonchev–Trinajstić information content (AvgIpc) is 3.41. The summed E-state index contributed by atoms with van der Waals surface area (Å²) in [5.41, 5.74) is 2.10. The molecule has 9 nitrogen and oxygen atoms in total. The van der Waals surface area contributed by atoms with Crippen LogP contribution in [0.2, 0.25) is 0 Å². The minimum absolute atomic E-state index is 0.156. The van der Waals surface area contributed by atoms with E-state index in [9.17, 15) is 9.90 Å². The molecule has 0 aliphatic carbocycles. The third-order valence-corrected chi connectivity index (χ3v) is 6.18. The van der Waals surface area contributed by atoms with Crippen molar-refractivity contribution in [3.05, 3.63) is 65.8 Å². The maximum Gasteiger partial charge on any atom is 0.409 e. The lowest BCUT2D eigenvalue weighted by Crippen LogP contribution is -2.46. The molecule has 35 heavy (non-hydrogen) atoms. The van der Waals surface area contributed by atoms with E-state index in [0.717, 1.165) is 17.7 Å². The van der Waals surface area contributed by atoms with Crippen LogP contribution in [0.4, 0.5) is 19.3 Å². The van der Waals surface area contributed by atoms with Crippen molar-refractivity contribution in [3.8, 4) is 11.3 Å². The van der Waals surface area contributed by atoms with Crippen LogP contribution >= 0.6 is 0 Å². The number of nitrogens with zero attached hydrogens (tertiary/aromatic N) is 4. The first-order valence-corrected chi connectivity index (χ1v) is 11.2. The van der Waals surface area contributed by atoms with E-state index < -0.39 is 30.2 Å². The molecule has 1 unspecified atom stereocenters. The molecule has 2 aliphatic rings. The number of nitrogens with one attached hydrogen (secondary N) is 1. The Hall–Kier alpha value is -3.70. The second-order valence-electron chi connectivity index (χ2n) is 8.50. The minimum Gasteiger partial charge on any atom is -0.453 e. The van der Waals surface area contributed by atoms with Crippen molar-refractivity contribution in [2.45, 2.75) is 25.8 Å². The summed E-state index contributed by atoms with van der Waals surface area (Å²) in [5.74, 6) is -1.62. The van der Waals surface area contributed by atoms with Crippen LogP contribution < -0.4 is 10.2 Å². The van der Waals surface area contributed by atoms with Crippen molar-refractivity contribution in [2.75, 3.05) is 31.7 Å². The second-order valence-corrected chi connectivity index (χ2v) is 8.50. The number of amides is 1. The molecule has 0 bridgehead atoms. The van der Waals surface area contributed by atoms with Crippen LogP contribution in [0.15, 0.2) is 42.9 Å². The number of aryl methyl sites for hydroxylation is 1. The Labute approximate surface area is 200 Å². The highest BCUT2D eigenvalue weighted by atomic mass is 19.1. The summed E-state index contributed by atoms with van der Waals surface area (Å²) in [6.07, 6.45) is 3.07. The summed E-state index contributed by atoms with van der Waals surface area (Å²) in [6.45, 7) is 2.91. The predicted octanol–water partition coefficient (Wildman–Crippen LogP) is 2.75. The molecule has 1 amide bonds. The monoisotopic (exact) mass is 485 g/mol. The first-order valence-electron chi connectivity index (χ1n) is 11.2. The fourth-order valence-corrected chi connectivity index (χ4v) is 4.48. The number of imidazole rings is 1. The zero-order valence-corrected chi connectivity index (χ0v) is 19.2. The first kappa shape index (κ1) is 23.1. The number of hydrogen-bond donors (Lipinski definition) is 2. The number of fused-ring (bicyclic) bond motifs is 1. The van der Waals surface area contributed by atoms with Crippen LogP contribution in [0.3, 0.4) is 0 Å². The molecule has 0 spiro atoms. The Bertz CT molecular complexity index is 1290. The number of anilines is 1. The van der Waals surface area contributed by atoms with Gasteiger partial charge in [0.05, 0.1) is 49.0 Å². The van der Waals surface area contributed by atoms with E-state index in [-0.39, 0.29) is 29.9 Å². The van der Waals surface area contributed by atoms with Crippen molar-refractivity contribution >= 4 is 17.4 Å². The molecule has 2 aromatic heterocycles. The van der Waals surface area contributed by atoms with Gasteiger partial charge in [0.1, 0.15) is 17.3 Å². The summed E-state index contributed by atoms with van der Waals surface area (Å²) in [7, 11) is 1.32. The Morgan fingerprint density at radius 1 is 1.31 bits per heavy atom. The molecule has 3 aromatic rings. The summed E-state index contributed by atoms with van der Waals surface area (Å²) in [6, 6.07) is 6.04. The standard InChI is InChI=1S/C24H25F2N5O4/c1-14-3-5-31-19(12-16-13-29(7-8-35-16)24(33)34-2)22(28-20(31)9-14)21-17(25)10-15(11-18(21)26)30-6-4-27-23(30)32/h3-6,9-11,16,23,27,32H,7-8,12-13H2,1-2H3/t16-,23?/m0/s1. The molecule has 2 aliphatic heterocycles. The van der Waals surface area contributed by atoms with Gasteiger partial charge in [-0.3, -0.25) is 0 Å². The fraction of sp³-hybridized carbons (Fsp3) is 0.333. The molecular formula is C24H25F2N5O4. The van der Waals surface area contributed by atoms with Gasteiger partial charge in [-0.25, -0.2) is 18.6 Å². The number of aromatic nitrogens is 2. The van der Waals surface area contributed by atoms with Crippen molar-refractivity contribution in [1.29, 1.82) is 0 Å². The van der Waals surface area contributed by atoms with Gasteiger partial charge in [-0.2, -0.15) is 0 Å². The zero-order valence-electron chi connectivity index (χ0n) is 19.2. The number of pyridine rings is 1. The lowest BCUT2D eigenvalue weighted by Gasteiger charge is -2.32. The van der Waals surface area contributed by atoms with Crippen molar-refractivity contribution in [3.63, 3.8) is 0 Å². The van der Waals surface area contributed by atoms with E-state index in [4.69, 9.17) is 9.47 Å². The quantitative estimate of drug-likeness (QED) is 0.587. The summed E-state index contributed by atoms with van der Waals surface area (Å²) < 4.78 is 43.3. The number of halogens is 2. The van der Waals surface area contributed by atoms with Gasteiger partial charge >= 0.3 is 6.09 Å². The lowest BCUT2D eigenvalue weighted by molar-refractivity contribution is -0.0241. The number of carbonyl (C=O) groups excluding carboxylic acids is 1. The fourth-order valence-electron chi connectivity index (χ4n) is 4.48. The molecule has 5 rings (SSSR count). The maximum atomic E-state index is 15.4. The third kappa shape index (κ3) is 4.28. The van der Waals surface area contributed by atoms with Gasteiger partial charge in [-0.15, -0.1) is 0 Å². The van der Waals surface area contributed by atoms with E-state index >= 15 is 8.78 Å². The summed E-state index contributed by atoms with van der Waals surface area (Å²) in [5, 5.41) is 12.6. The maximum absolute atomic E-state index is 15.4. The molecule has 0 saturated carbocycles. The molecular weight excluding hydrogens is 460 g/mol. The van der Waals surface area contributed by atoms with Crippen LogP contribution in [0, 0.1) is 18.6 Å². The Morgan fingerprint density at radius 2 is 2.09 bits per heavy atom. The molecule has 4 heterocycles. The van der Waals surface area contributed by atoms with Gasteiger partial charge < -0.3 is 34.1 Å². The highest BCUT2D eigenvalue weighted by molar-refractivity contribution is 5.71. The number of methoxy groups -OCH3 is 1. The molecule has 2 N–H and O–H groups in total. The number of morpholine rings is 1. The first-order chi connectivity index (χ1) is 16.9. The molecule has 2 atom stereocenters. The molecule has 0 radical (unpaired) electrons. The number of hydrogen-bond acceptors (Lipinski definition) is 7. The summed E-state index contributed by atoms with van der Waals surface area (Å²) >= 11 is 0. The van der Waals surface area contributed by atoms with E-state index in [0.29, 0.717) is 24.5 Å². The van der Waals surface area contributed by atoms with Crippen molar-refractivity contribution in [1.82, 2.24) is 19.6 Å². The van der Waals surface area contributed by atoms with Gasteiger partial charge in [0.2, 0.25) is 6.35 Å². The van der Waals surface area contributed by atoms with Gasteiger partial charge in [0.25, 0.3) is 0 Å². The van der Waals surface area contributed by atoms with Gasteiger partial charge in [0, 0.05) is 31.6 Å². The predicted molar refractivity (Wildman–Crippen MR) is 123 cm³/mol. The van der Waals surface area contributed by atoms with Crippen molar-refractivity contribution < 1.29 is 28.2 Å². The topological polar surface area (TPSA) is 91.6 Å². The van der Waals surface area contributed by atoms with E-state index in [1.165, 1.54) is 24.4 Å². The zero-order chi connectivity index (χ0) is 24.7. The Balaban J connectivity index is 1.56. The average molecular weight is 485 g/mol. The highest BCUT2D eigenvalue weighted by Crippen LogP contribution is 2.34. The van der Waals surface area contributed by atoms with Gasteiger partial charge in [-0.05, 0) is 36.8 Å². The second kappa shape index (κ2) is 9.16. The Morgan fingerprint density at radius 3 is 2.77 bits per heavy atom. The normalized spacial score (nSPS) is 19.9. The van der Waals surface area contributed by atoms with Crippen LogP contribution in [0.1, 0.15) is 11.3 Å². The number of benzene rings is 1. The molecule has 1 saturated heterocycles. The number of ether oxygens (including phenoxy) is 2. The number of aliphatic hydroxyl groups is 1. The molecule has 1 fully saturated rings. The van der Waals surface area contributed by atoms with E-state index in [1.807, 2.05) is 19.1 Å². The Kier molecular flexibility index (Phi) is 6.03. The summed E-state index contributed by atoms with van der Waals surface area (Å²) in [4.78, 5) is 19.4. The van der Waals surface area contributed by atoms with Crippen LogP contribution in [0.25, 0.3) is 16.9 Å². The van der Waals surface area contributed by atoms with Gasteiger partial charge in [0.15, 0.2) is 0 Å². The number of aliphatic hydroxyl groups excluding tert-OH is 1. The number of carbonyl (C=O) groups is 1. The smallest absolute Gasteiger partial charge is 0.409 e.